The Balaban J connectivity index is 1.48. The van der Waals surface area contributed by atoms with Gasteiger partial charge in [0.05, 0.1) is 0 Å². The summed E-state index contributed by atoms with van der Waals surface area (Å²) >= 11 is 0. The summed E-state index contributed by atoms with van der Waals surface area (Å²) in [5.41, 5.74) is 0. The van der Waals surface area contributed by atoms with Crippen LogP contribution in [0.2, 0.25) is 0 Å². The molecule has 4 aliphatic rings. The molecule has 198 valence electrons. The second-order valence-electron chi connectivity index (χ2n) is 13.9. The lowest BCUT2D eigenvalue weighted by molar-refractivity contribution is 0.0605. The fraction of sp³-hybridized carbons (Fsp3) is 1.00. The van der Waals surface area contributed by atoms with Gasteiger partial charge < -0.3 is 0 Å². The molecular weight excluding hydrogens is 408 g/mol. The maximum Gasteiger partial charge on any atom is -0.0329 e. The quantitative estimate of drug-likeness (QED) is 0.383. The second kappa shape index (κ2) is 14.7. The average molecular weight is 471 g/mol. The summed E-state index contributed by atoms with van der Waals surface area (Å²) < 4.78 is 0. The molecule has 0 aromatic carbocycles. The topological polar surface area (TPSA) is 0 Å². The van der Waals surface area contributed by atoms with E-state index in [0.717, 1.165) is 47.3 Å². The van der Waals surface area contributed by atoms with Gasteiger partial charge in [-0.15, -0.1) is 0 Å². The first-order valence-corrected chi connectivity index (χ1v) is 16.8. The molecule has 5 unspecified atom stereocenters. The lowest BCUT2D eigenvalue weighted by Crippen LogP contribution is -2.35. The van der Waals surface area contributed by atoms with E-state index in [1.165, 1.54) is 83.5 Å². The fourth-order valence-corrected chi connectivity index (χ4v) is 9.72. The Bertz CT molecular complexity index is 522. The summed E-state index contributed by atoms with van der Waals surface area (Å²) in [4.78, 5) is 0. The van der Waals surface area contributed by atoms with E-state index in [4.69, 9.17) is 0 Å². The van der Waals surface area contributed by atoms with E-state index in [1.54, 1.807) is 70.6 Å². The van der Waals surface area contributed by atoms with E-state index < -0.39 is 0 Å². The number of rotatable bonds is 4. The van der Waals surface area contributed by atoms with Crippen molar-refractivity contribution in [2.24, 2.45) is 47.3 Å². The maximum atomic E-state index is 2.73. The van der Waals surface area contributed by atoms with Crippen LogP contribution < -0.4 is 0 Å². The van der Waals surface area contributed by atoms with Gasteiger partial charge in [0.1, 0.15) is 0 Å². The third-order valence-electron chi connectivity index (χ3n) is 11.8. The van der Waals surface area contributed by atoms with Crippen molar-refractivity contribution in [2.45, 2.75) is 168 Å². The van der Waals surface area contributed by atoms with Crippen molar-refractivity contribution in [1.29, 1.82) is 0 Å². The molecule has 0 heterocycles. The molecule has 0 aromatic heterocycles. The van der Waals surface area contributed by atoms with E-state index in [9.17, 15) is 0 Å². The van der Waals surface area contributed by atoms with Crippen molar-refractivity contribution in [3.05, 3.63) is 0 Å². The SMILES string of the molecule is CCC1CCC(C2CCCCCCCCCCCC(C)C2C2CCC(C3CCCCC3)C2)CC1. The number of hydrogen-bond donors (Lipinski definition) is 0. The van der Waals surface area contributed by atoms with Gasteiger partial charge in [-0.25, -0.2) is 0 Å². The molecule has 0 aromatic rings. The standard InChI is InChI=1S/C34H62/c1-3-28-20-22-30(23-21-28)33-19-15-10-8-6-4-5-7-9-12-16-27(2)34(33)32-25-24-31(26-32)29-17-13-11-14-18-29/h27-34H,3-26H2,1-2H3. The molecule has 0 heteroatoms. The molecule has 4 saturated carbocycles. The molecule has 34 heavy (non-hydrogen) atoms. The Morgan fingerprint density at radius 1 is 0.441 bits per heavy atom. The minimum Gasteiger partial charge on any atom is -0.0651 e. The lowest BCUT2D eigenvalue weighted by atomic mass is 9.62. The zero-order valence-electron chi connectivity index (χ0n) is 23.6. The summed E-state index contributed by atoms with van der Waals surface area (Å²) in [5.74, 6) is 8.49. The van der Waals surface area contributed by atoms with Crippen LogP contribution in [0.3, 0.4) is 0 Å². The van der Waals surface area contributed by atoms with Crippen molar-refractivity contribution < 1.29 is 0 Å². The van der Waals surface area contributed by atoms with Crippen LogP contribution in [0, 0.1) is 47.3 Å². The summed E-state index contributed by atoms with van der Waals surface area (Å²) in [6, 6.07) is 0. The van der Waals surface area contributed by atoms with E-state index >= 15 is 0 Å². The zero-order valence-corrected chi connectivity index (χ0v) is 23.6. The van der Waals surface area contributed by atoms with Crippen molar-refractivity contribution >= 4 is 0 Å². The van der Waals surface area contributed by atoms with Gasteiger partial charge in [-0.3, -0.25) is 0 Å². The Morgan fingerprint density at radius 2 is 0.941 bits per heavy atom. The fourth-order valence-electron chi connectivity index (χ4n) is 9.72. The highest BCUT2D eigenvalue weighted by Crippen LogP contribution is 2.52. The van der Waals surface area contributed by atoms with Crippen LogP contribution in [0.4, 0.5) is 0 Å². The normalized spacial score (nSPS) is 40.6. The molecule has 0 amide bonds. The Kier molecular flexibility index (Phi) is 11.7. The molecular formula is C34H62. The first-order chi connectivity index (χ1) is 16.8. The Morgan fingerprint density at radius 3 is 1.59 bits per heavy atom. The van der Waals surface area contributed by atoms with Gasteiger partial charge in [0.25, 0.3) is 0 Å². The van der Waals surface area contributed by atoms with Crippen molar-refractivity contribution in [2.75, 3.05) is 0 Å². The predicted octanol–water partition coefficient (Wildman–Crippen LogP) is 11.4. The lowest BCUT2D eigenvalue weighted by Gasteiger charge is -2.44. The van der Waals surface area contributed by atoms with Gasteiger partial charge in [-0.2, -0.15) is 0 Å². The number of hydrogen-bond acceptors (Lipinski definition) is 0. The molecule has 0 spiro atoms. The summed E-state index contributed by atoms with van der Waals surface area (Å²) in [5, 5.41) is 0. The van der Waals surface area contributed by atoms with Gasteiger partial charge in [-0.05, 0) is 85.9 Å². The molecule has 0 aliphatic heterocycles. The van der Waals surface area contributed by atoms with Crippen LogP contribution >= 0.6 is 0 Å². The van der Waals surface area contributed by atoms with Crippen LogP contribution in [0.25, 0.3) is 0 Å². The van der Waals surface area contributed by atoms with Crippen LogP contribution in [0.1, 0.15) is 168 Å². The highest BCUT2D eigenvalue weighted by Gasteiger charge is 2.42. The summed E-state index contributed by atoms with van der Waals surface area (Å²) in [6.45, 7) is 5.18. The van der Waals surface area contributed by atoms with Crippen molar-refractivity contribution in [3.8, 4) is 0 Å². The largest absolute Gasteiger partial charge is 0.0651 e. The molecule has 5 atom stereocenters. The second-order valence-corrected chi connectivity index (χ2v) is 13.9. The molecule has 4 rings (SSSR count). The zero-order chi connectivity index (χ0) is 23.6. The van der Waals surface area contributed by atoms with Gasteiger partial charge in [0.2, 0.25) is 0 Å². The smallest absolute Gasteiger partial charge is 0.0329 e. The van der Waals surface area contributed by atoms with E-state index in [-0.39, 0.29) is 0 Å². The Labute approximate surface area is 215 Å². The van der Waals surface area contributed by atoms with E-state index in [1.807, 2.05) is 0 Å². The molecule has 0 radical (unpaired) electrons. The van der Waals surface area contributed by atoms with E-state index in [2.05, 4.69) is 13.8 Å². The van der Waals surface area contributed by atoms with Gasteiger partial charge in [-0.1, -0.05) is 129 Å². The maximum absolute atomic E-state index is 2.73. The molecule has 0 nitrogen and oxygen atoms in total. The van der Waals surface area contributed by atoms with Crippen LogP contribution in [0.15, 0.2) is 0 Å². The van der Waals surface area contributed by atoms with Crippen LogP contribution in [-0.4, -0.2) is 0 Å². The highest BCUT2D eigenvalue weighted by atomic mass is 14.5. The monoisotopic (exact) mass is 470 g/mol. The van der Waals surface area contributed by atoms with Crippen LogP contribution in [-0.2, 0) is 0 Å². The summed E-state index contributed by atoms with van der Waals surface area (Å²) in [6.07, 6.45) is 37.0. The molecule has 4 fully saturated rings. The molecule has 0 saturated heterocycles. The molecule has 0 N–H and O–H groups in total. The highest BCUT2D eigenvalue weighted by molar-refractivity contribution is 4.92. The minimum atomic E-state index is 0.979. The third kappa shape index (κ3) is 7.75. The van der Waals surface area contributed by atoms with Gasteiger partial charge >= 0.3 is 0 Å². The third-order valence-corrected chi connectivity index (χ3v) is 11.8. The van der Waals surface area contributed by atoms with Crippen LogP contribution in [0.5, 0.6) is 0 Å². The average Bonchev–Trinajstić information content (AvgIpc) is 3.36. The Hall–Kier alpha value is 0. The van der Waals surface area contributed by atoms with Crippen molar-refractivity contribution in [1.82, 2.24) is 0 Å². The predicted molar refractivity (Wildman–Crippen MR) is 150 cm³/mol. The van der Waals surface area contributed by atoms with E-state index in [0.29, 0.717) is 0 Å². The summed E-state index contributed by atoms with van der Waals surface area (Å²) in [7, 11) is 0. The molecule has 4 aliphatic carbocycles. The molecule has 0 bridgehead atoms. The first-order valence-electron chi connectivity index (χ1n) is 16.8. The van der Waals surface area contributed by atoms with Gasteiger partial charge in [0.15, 0.2) is 0 Å². The first kappa shape index (κ1) is 27.0. The minimum absolute atomic E-state index is 0.979. The van der Waals surface area contributed by atoms with Crippen molar-refractivity contribution in [3.63, 3.8) is 0 Å². The van der Waals surface area contributed by atoms with Gasteiger partial charge in [0, 0.05) is 0 Å².